The Hall–Kier alpha value is -2.79. The summed E-state index contributed by atoms with van der Waals surface area (Å²) < 4.78 is 12.1. The second kappa shape index (κ2) is 9.42. The Morgan fingerprint density at radius 1 is 0.893 bits per heavy atom. The quantitative estimate of drug-likeness (QED) is 0.474. The van der Waals surface area contributed by atoms with Crippen molar-refractivity contribution in [3.63, 3.8) is 0 Å². The zero-order chi connectivity index (χ0) is 19.9. The van der Waals surface area contributed by atoms with Gasteiger partial charge in [0.05, 0.1) is 4.47 Å². The minimum atomic E-state index is -0.162. The van der Waals surface area contributed by atoms with Crippen LogP contribution in [0.15, 0.2) is 71.2 Å². The van der Waals surface area contributed by atoms with Crippen LogP contribution < -0.4 is 14.8 Å². The van der Waals surface area contributed by atoms with Gasteiger partial charge in [-0.15, -0.1) is 0 Å². The first-order valence-electron chi connectivity index (χ1n) is 9.01. The summed E-state index contributed by atoms with van der Waals surface area (Å²) in [6.45, 7) is 4.85. The van der Waals surface area contributed by atoms with E-state index in [2.05, 4.69) is 27.3 Å². The highest BCUT2D eigenvalue weighted by Gasteiger charge is 2.10. The molecule has 0 radical (unpaired) electrons. The second-order valence-corrected chi connectivity index (χ2v) is 7.34. The van der Waals surface area contributed by atoms with Gasteiger partial charge in [0.15, 0.2) is 0 Å². The molecule has 0 atom stereocenters. The maximum absolute atomic E-state index is 12.5. The van der Waals surface area contributed by atoms with Gasteiger partial charge in [-0.1, -0.05) is 24.3 Å². The summed E-state index contributed by atoms with van der Waals surface area (Å²) in [6, 6.07) is 20.8. The predicted molar refractivity (Wildman–Crippen MR) is 115 cm³/mol. The number of ether oxygens (including phenoxy) is 2. The fraction of sp³-hybridized carbons (Fsp3) is 0.174. The number of anilines is 1. The molecule has 144 valence electrons. The van der Waals surface area contributed by atoms with Crippen molar-refractivity contribution in [2.24, 2.45) is 0 Å². The Kier molecular flexibility index (Phi) is 6.71. The number of amides is 1. The summed E-state index contributed by atoms with van der Waals surface area (Å²) in [7, 11) is 0. The molecule has 4 nitrogen and oxygen atoms in total. The maximum Gasteiger partial charge on any atom is 0.255 e. The summed E-state index contributed by atoms with van der Waals surface area (Å²) in [5.74, 6) is 1.31. The van der Waals surface area contributed by atoms with Crippen molar-refractivity contribution < 1.29 is 14.3 Å². The van der Waals surface area contributed by atoms with E-state index >= 15 is 0 Å². The molecule has 1 N–H and O–H groups in total. The minimum Gasteiger partial charge on any atom is -0.490 e. The Balaban J connectivity index is 1.56. The molecule has 3 aromatic carbocycles. The number of benzene rings is 3. The average Bonchev–Trinajstić information content (AvgIpc) is 2.66. The molecule has 0 aromatic heterocycles. The first-order valence-corrected chi connectivity index (χ1v) is 9.80. The number of halogens is 1. The second-order valence-electron chi connectivity index (χ2n) is 6.49. The van der Waals surface area contributed by atoms with Crippen molar-refractivity contribution in [3.8, 4) is 11.5 Å². The van der Waals surface area contributed by atoms with Crippen LogP contribution in [0, 0.1) is 13.8 Å². The molecular formula is C23H22BrNO3. The SMILES string of the molecule is Cc1cc(C)cc(NC(=O)c2ccc(OCCOc3ccccc3)c(Br)c2)c1. The van der Waals surface area contributed by atoms with Crippen molar-refractivity contribution in [1.82, 2.24) is 0 Å². The number of nitrogens with one attached hydrogen (secondary N) is 1. The number of carbonyl (C=O) groups is 1. The molecular weight excluding hydrogens is 418 g/mol. The molecule has 0 aliphatic heterocycles. The smallest absolute Gasteiger partial charge is 0.255 e. The highest BCUT2D eigenvalue weighted by atomic mass is 79.9. The van der Waals surface area contributed by atoms with Gasteiger partial charge in [-0.2, -0.15) is 0 Å². The van der Waals surface area contributed by atoms with Crippen LogP contribution in [0.3, 0.4) is 0 Å². The fourth-order valence-electron chi connectivity index (χ4n) is 2.84. The lowest BCUT2D eigenvalue weighted by molar-refractivity contribution is 0.102. The van der Waals surface area contributed by atoms with E-state index in [1.807, 2.05) is 56.3 Å². The van der Waals surface area contributed by atoms with Gasteiger partial charge in [0.1, 0.15) is 24.7 Å². The Morgan fingerprint density at radius 2 is 1.57 bits per heavy atom. The summed E-state index contributed by atoms with van der Waals surface area (Å²) >= 11 is 3.48. The Morgan fingerprint density at radius 3 is 2.25 bits per heavy atom. The zero-order valence-corrected chi connectivity index (χ0v) is 17.5. The highest BCUT2D eigenvalue weighted by Crippen LogP contribution is 2.26. The molecule has 0 saturated heterocycles. The molecule has 0 fully saturated rings. The first kappa shape index (κ1) is 20.0. The molecule has 28 heavy (non-hydrogen) atoms. The molecule has 0 aliphatic rings. The third-order valence-electron chi connectivity index (χ3n) is 4.03. The van der Waals surface area contributed by atoms with E-state index in [-0.39, 0.29) is 5.91 Å². The predicted octanol–water partition coefficient (Wildman–Crippen LogP) is 5.78. The number of para-hydroxylation sites is 1. The van der Waals surface area contributed by atoms with E-state index in [0.717, 1.165) is 27.0 Å². The van der Waals surface area contributed by atoms with Crippen LogP contribution in [0.4, 0.5) is 5.69 Å². The van der Waals surface area contributed by atoms with Gasteiger partial charge in [-0.25, -0.2) is 0 Å². The van der Waals surface area contributed by atoms with Crippen LogP contribution in [0.5, 0.6) is 11.5 Å². The standard InChI is InChI=1S/C23H22BrNO3/c1-16-12-17(2)14-19(13-16)25-23(26)18-8-9-22(21(24)15-18)28-11-10-27-20-6-4-3-5-7-20/h3-9,12-15H,10-11H2,1-2H3,(H,25,26). The number of hydrogen-bond donors (Lipinski definition) is 1. The van der Waals surface area contributed by atoms with E-state index in [1.54, 1.807) is 18.2 Å². The Labute approximate surface area is 173 Å². The van der Waals surface area contributed by atoms with E-state index in [9.17, 15) is 4.79 Å². The van der Waals surface area contributed by atoms with Gasteiger partial charge in [-0.05, 0) is 83.4 Å². The van der Waals surface area contributed by atoms with Crippen molar-refractivity contribution in [2.45, 2.75) is 13.8 Å². The normalized spacial score (nSPS) is 10.4. The minimum absolute atomic E-state index is 0.162. The summed E-state index contributed by atoms with van der Waals surface area (Å²) in [5.41, 5.74) is 3.56. The van der Waals surface area contributed by atoms with Crippen LogP contribution in [-0.2, 0) is 0 Å². The van der Waals surface area contributed by atoms with Gasteiger partial charge in [0.25, 0.3) is 5.91 Å². The molecule has 0 unspecified atom stereocenters. The number of aryl methyl sites for hydroxylation is 2. The van der Waals surface area contributed by atoms with E-state index in [1.165, 1.54) is 0 Å². The molecule has 0 spiro atoms. The van der Waals surface area contributed by atoms with Crippen molar-refractivity contribution in [3.05, 3.63) is 87.9 Å². The number of rotatable bonds is 7. The lowest BCUT2D eigenvalue weighted by Gasteiger charge is -2.11. The van der Waals surface area contributed by atoms with E-state index in [4.69, 9.17) is 9.47 Å². The molecule has 3 aromatic rings. The molecule has 0 saturated carbocycles. The van der Waals surface area contributed by atoms with Crippen molar-refractivity contribution >= 4 is 27.5 Å². The van der Waals surface area contributed by atoms with Crippen LogP contribution in [-0.4, -0.2) is 19.1 Å². The lowest BCUT2D eigenvalue weighted by atomic mass is 10.1. The summed E-state index contributed by atoms with van der Waals surface area (Å²) in [4.78, 5) is 12.5. The molecule has 0 heterocycles. The van der Waals surface area contributed by atoms with E-state index in [0.29, 0.717) is 24.5 Å². The highest BCUT2D eigenvalue weighted by molar-refractivity contribution is 9.10. The van der Waals surface area contributed by atoms with E-state index < -0.39 is 0 Å². The summed E-state index contributed by atoms with van der Waals surface area (Å²) in [6.07, 6.45) is 0. The molecule has 1 amide bonds. The third kappa shape index (κ3) is 5.60. The van der Waals surface area contributed by atoms with Crippen LogP contribution in [0.25, 0.3) is 0 Å². The van der Waals surface area contributed by atoms with Gasteiger partial charge >= 0.3 is 0 Å². The van der Waals surface area contributed by atoms with Crippen LogP contribution in [0.2, 0.25) is 0 Å². The van der Waals surface area contributed by atoms with Gasteiger partial charge in [0, 0.05) is 11.3 Å². The van der Waals surface area contributed by atoms with Crippen LogP contribution in [0.1, 0.15) is 21.5 Å². The Bertz CT molecular complexity index is 937. The van der Waals surface area contributed by atoms with Crippen molar-refractivity contribution in [1.29, 1.82) is 0 Å². The molecule has 0 bridgehead atoms. The van der Waals surface area contributed by atoms with Gasteiger partial charge in [-0.3, -0.25) is 4.79 Å². The fourth-order valence-corrected chi connectivity index (χ4v) is 3.33. The monoisotopic (exact) mass is 439 g/mol. The first-order chi connectivity index (χ1) is 13.5. The molecule has 5 heteroatoms. The van der Waals surface area contributed by atoms with Crippen LogP contribution >= 0.6 is 15.9 Å². The lowest BCUT2D eigenvalue weighted by Crippen LogP contribution is -2.13. The van der Waals surface area contributed by atoms with Crippen molar-refractivity contribution in [2.75, 3.05) is 18.5 Å². The number of hydrogen-bond acceptors (Lipinski definition) is 3. The zero-order valence-electron chi connectivity index (χ0n) is 15.9. The van der Waals surface area contributed by atoms with Gasteiger partial charge in [0.2, 0.25) is 0 Å². The van der Waals surface area contributed by atoms with Gasteiger partial charge < -0.3 is 14.8 Å². The third-order valence-corrected chi connectivity index (χ3v) is 4.65. The molecule has 0 aliphatic carbocycles. The summed E-state index contributed by atoms with van der Waals surface area (Å²) in [5, 5.41) is 2.94. The largest absolute Gasteiger partial charge is 0.490 e. The number of carbonyl (C=O) groups excluding carboxylic acids is 1. The topological polar surface area (TPSA) is 47.6 Å². The maximum atomic E-state index is 12.5. The average molecular weight is 440 g/mol. The molecule has 3 rings (SSSR count).